The third-order valence-electron chi connectivity index (χ3n) is 3.30. The lowest BCUT2D eigenvalue weighted by molar-refractivity contribution is 0.104. The molecule has 0 amide bonds. The summed E-state index contributed by atoms with van der Waals surface area (Å²) in [6.45, 7) is 3.84. The van der Waals surface area contributed by atoms with E-state index in [1.54, 1.807) is 17.4 Å². The molecule has 0 unspecified atom stereocenters. The van der Waals surface area contributed by atoms with E-state index >= 15 is 0 Å². The second kappa shape index (κ2) is 5.42. The van der Waals surface area contributed by atoms with Crippen LogP contribution in [0.5, 0.6) is 0 Å². The smallest absolute Gasteiger partial charge is 0.260 e. The molecule has 3 aromatic rings. The molecule has 0 aliphatic heterocycles. The van der Waals surface area contributed by atoms with Crippen molar-refractivity contribution in [3.8, 4) is 0 Å². The van der Waals surface area contributed by atoms with Gasteiger partial charge in [0.25, 0.3) is 5.56 Å². The van der Waals surface area contributed by atoms with Gasteiger partial charge in [-0.1, -0.05) is 0 Å². The van der Waals surface area contributed by atoms with Crippen molar-refractivity contribution in [1.29, 1.82) is 0 Å². The molecule has 3 aromatic heterocycles. The van der Waals surface area contributed by atoms with Crippen LogP contribution in [-0.2, 0) is 0 Å². The van der Waals surface area contributed by atoms with Gasteiger partial charge in [-0.3, -0.25) is 9.59 Å². The average Bonchev–Trinajstić information content (AvgIpc) is 3.05. The van der Waals surface area contributed by atoms with Crippen LogP contribution in [0.3, 0.4) is 0 Å². The van der Waals surface area contributed by atoms with Crippen molar-refractivity contribution in [3.63, 3.8) is 0 Å². The molecule has 0 aliphatic rings. The fourth-order valence-corrected chi connectivity index (χ4v) is 3.87. The Labute approximate surface area is 129 Å². The molecule has 0 saturated heterocycles. The number of carbonyl (C=O) groups excluding carboxylic acids is 1. The zero-order valence-electron chi connectivity index (χ0n) is 11.6. The quantitative estimate of drug-likeness (QED) is 0.582. The van der Waals surface area contributed by atoms with E-state index in [1.807, 2.05) is 37.4 Å². The van der Waals surface area contributed by atoms with Gasteiger partial charge in [0.05, 0.1) is 5.56 Å². The molecule has 5 heteroatoms. The summed E-state index contributed by atoms with van der Waals surface area (Å²) >= 11 is 3.08. The van der Waals surface area contributed by atoms with E-state index in [-0.39, 0.29) is 16.9 Å². The molecule has 3 heterocycles. The van der Waals surface area contributed by atoms with Crippen LogP contribution in [0.2, 0.25) is 0 Å². The predicted octanol–water partition coefficient (Wildman–Crippen LogP) is 4.16. The van der Waals surface area contributed by atoms with Crippen LogP contribution >= 0.6 is 22.7 Å². The van der Waals surface area contributed by atoms with Gasteiger partial charge >= 0.3 is 0 Å². The number of fused-ring (bicyclic) bond motifs is 1. The molecule has 0 spiro atoms. The van der Waals surface area contributed by atoms with Crippen molar-refractivity contribution in [1.82, 2.24) is 4.98 Å². The largest absolute Gasteiger partial charge is 0.313 e. The Hall–Kier alpha value is -1.98. The lowest BCUT2D eigenvalue weighted by Crippen LogP contribution is -2.18. The first kappa shape index (κ1) is 14.0. The first-order valence-electron chi connectivity index (χ1n) is 6.45. The molecule has 0 fully saturated rings. The SMILES string of the molecule is Cc1ccc(/C=C/C(=O)c2c(C)c3ccsc3[nH]c2=O)s1. The molecule has 0 radical (unpaired) electrons. The number of thiophene rings is 2. The van der Waals surface area contributed by atoms with Crippen molar-refractivity contribution >= 4 is 44.7 Å². The highest BCUT2D eigenvalue weighted by Crippen LogP contribution is 2.23. The van der Waals surface area contributed by atoms with Crippen LogP contribution in [-0.4, -0.2) is 10.8 Å². The average molecular weight is 315 g/mol. The Morgan fingerprint density at radius 2 is 2.05 bits per heavy atom. The zero-order chi connectivity index (χ0) is 15.0. The van der Waals surface area contributed by atoms with Gasteiger partial charge < -0.3 is 4.98 Å². The number of pyridine rings is 1. The topological polar surface area (TPSA) is 49.9 Å². The molecule has 3 nitrogen and oxygen atoms in total. The predicted molar refractivity (Wildman–Crippen MR) is 89.6 cm³/mol. The standard InChI is InChI=1S/C16H13NO2S2/c1-9-3-4-11(21-9)5-6-13(18)14-10(2)12-7-8-20-16(12)17-15(14)19/h3-8H,1-2H3,(H,17,19)/b6-5+. The number of rotatable bonds is 3. The van der Waals surface area contributed by atoms with Crippen LogP contribution in [0.15, 0.2) is 34.4 Å². The molecule has 0 atom stereocenters. The lowest BCUT2D eigenvalue weighted by atomic mass is 10.0. The van der Waals surface area contributed by atoms with Crippen LogP contribution in [0.1, 0.15) is 25.7 Å². The number of ketones is 1. The van der Waals surface area contributed by atoms with Crippen LogP contribution in [0, 0.1) is 13.8 Å². The zero-order valence-corrected chi connectivity index (χ0v) is 13.2. The molecule has 3 rings (SSSR count). The molecular weight excluding hydrogens is 302 g/mol. The van der Waals surface area contributed by atoms with E-state index in [9.17, 15) is 9.59 Å². The Morgan fingerprint density at radius 1 is 1.24 bits per heavy atom. The van der Waals surface area contributed by atoms with Crippen LogP contribution < -0.4 is 5.56 Å². The summed E-state index contributed by atoms with van der Waals surface area (Å²) < 4.78 is 0. The summed E-state index contributed by atoms with van der Waals surface area (Å²) in [5.74, 6) is -0.257. The number of aromatic nitrogens is 1. The maximum atomic E-state index is 12.3. The van der Waals surface area contributed by atoms with Crippen molar-refractivity contribution in [2.45, 2.75) is 13.8 Å². The van der Waals surface area contributed by atoms with Crippen molar-refractivity contribution in [3.05, 3.63) is 60.9 Å². The van der Waals surface area contributed by atoms with Gasteiger partial charge in [0.1, 0.15) is 4.83 Å². The third kappa shape index (κ3) is 2.62. The maximum absolute atomic E-state index is 12.3. The number of aryl methyl sites for hydroxylation is 2. The second-order valence-electron chi connectivity index (χ2n) is 4.76. The van der Waals surface area contributed by atoms with Gasteiger partial charge in [0.15, 0.2) is 5.78 Å². The molecule has 0 aliphatic carbocycles. The molecule has 0 bridgehead atoms. The number of nitrogens with one attached hydrogen (secondary N) is 1. The lowest BCUT2D eigenvalue weighted by Gasteiger charge is -2.02. The Kier molecular flexibility index (Phi) is 3.61. The number of hydrogen-bond acceptors (Lipinski definition) is 4. The Morgan fingerprint density at radius 3 is 2.76 bits per heavy atom. The summed E-state index contributed by atoms with van der Waals surface area (Å²) in [5.41, 5.74) is 0.650. The first-order chi connectivity index (χ1) is 10.1. The summed E-state index contributed by atoms with van der Waals surface area (Å²) in [6, 6.07) is 5.89. The summed E-state index contributed by atoms with van der Waals surface area (Å²) in [5, 5.41) is 2.84. The van der Waals surface area contributed by atoms with E-state index in [2.05, 4.69) is 4.98 Å². The first-order valence-corrected chi connectivity index (χ1v) is 8.15. The highest BCUT2D eigenvalue weighted by Gasteiger charge is 2.15. The van der Waals surface area contributed by atoms with Crippen LogP contribution in [0.4, 0.5) is 0 Å². The van der Waals surface area contributed by atoms with E-state index < -0.39 is 0 Å². The van der Waals surface area contributed by atoms with Crippen molar-refractivity contribution in [2.75, 3.05) is 0 Å². The molecule has 106 valence electrons. The van der Waals surface area contributed by atoms with Gasteiger partial charge in [-0.05, 0) is 55.1 Å². The van der Waals surface area contributed by atoms with Crippen LogP contribution in [0.25, 0.3) is 16.3 Å². The molecule has 1 N–H and O–H groups in total. The number of hydrogen-bond donors (Lipinski definition) is 1. The number of allylic oxidation sites excluding steroid dienone is 1. The summed E-state index contributed by atoms with van der Waals surface area (Å²) in [7, 11) is 0. The Balaban J connectivity index is 2.01. The van der Waals surface area contributed by atoms with Crippen molar-refractivity contribution in [2.24, 2.45) is 0 Å². The minimum atomic E-state index is -0.320. The van der Waals surface area contributed by atoms with E-state index in [4.69, 9.17) is 0 Å². The van der Waals surface area contributed by atoms with E-state index in [1.165, 1.54) is 22.3 Å². The third-order valence-corrected chi connectivity index (χ3v) is 5.10. The maximum Gasteiger partial charge on any atom is 0.260 e. The minimum Gasteiger partial charge on any atom is -0.313 e. The van der Waals surface area contributed by atoms with Gasteiger partial charge in [-0.15, -0.1) is 22.7 Å². The fourth-order valence-electron chi connectivity index (χ4n) is 2.25. The van der Waals surface area contributed by atoms with Gasteiger partial charge in [-0.25, -0.2) is 0 Å². The number of H-pyrrole nitrogens is 1. The Bertz CT molecular complexity index is 912. The fraction of sp³-hybridized carbons (Fsp3) is 0.125. The second-order valence-corrected chi connectivity index (χ2v) is 7.00. The van der Waals surface area contributed by atoms with E-state index in [0.717, 1.165) is 20.7 Å². The van der Waals surface area contributed by atoms with Gasteiger partial charge in [0, 0.05) is 15.1 Å². The van der Waals surface area contributed by atoms with Gasteiger partial charge in [0.2, 0.25) is 0 Å². The number of aromatic amines is 1. The molecule has 0 saturated carbocycles. The van der Waals surface area contributed by atoms with E-state index in [0.29, 0.717) is 0 Å². The summed E-state index contributed by atoms with van der Waals surface area (Å²) in [6.07, 6.45) is 3.23. The van der Waals surface area contributed by atoms with Gasteiger partial charge in [-0.2, -0.15) is 0 Å². The summed E-state index contributed by atoms with van der Waals surface area (Å²) in [4.78, 5) is 30.2. The highest BCUT2D eigenvalue weighted by molar-refractivity contribution is 7.16. The normalized spacial score (nSPS) is 11.5. The van der Waals surface area contributed by atoms with Crippen molar-refractivity contribution < 1.29 is 4.79 Å². The highest BCUT2D eigenvalue weighted by atomic mass is 32.1. The molecular formula is C16H13NO2S2. The molecule has 0 aromatic carbocycles. The molecule has 21 heavy (non-hydrogen) atoms. The number of carbonyl (C=O) groups is 1. The minimum absolute atomic E-state index is 0.227. The monoisotopic (exact) mass is 315 g/mol.